The molecule has 1 amide bonds. The lowest BCUT2D eigenvalue weighted by atomic mass is 10.1. The van der Waals surface area contributed by atoms with Crippen molar-refractivity contribution < 1.29 is 14.3 Å². The Morgan fingerprint density at radius 2 is 1.61 bits per heavy atom. The first-order valence-corrected chi connectivity index (χ1v) is 9.30. The molecule has 1 fully saturated rings. The van der Waals surface area contributed by atoms with Crippen LogP contribution in [0.2, 0.25) is 0 Å². The molecule has 0 aliphatic carbocycles. The Hall–Kier alpha value is -3.28. The van der Waals surface area contributed by atoms with Gasteiger partial charge in [-0.05, 0) is 12.1 Å². The number of rotatable bonds is 4. The number of para-hydroxylation sites is 1. The number of benzene rings is 2. The zero-order valence-corrected chi connectivity index (χ0v) is 16.1. The van der Waals surface area contributed by atoms with E-state index in [1.54, 1.807) is 20.4 Å². The predicted octanol–water partition coefficient (Wildman–Crippen LogP) is 3.21. The molecule has 1 aliphatic rings. The Bertz CT molecular complexity index is 970. The predicted molar refractivity (Wildman–Crippen MR) is 109 cm³/mol. The van der Waals surface area contributed by atoms with Crippen molar-refractivity contribution >= 4 is 22.5 Å². The van der Waals surface area contributed by atoms with E-state index in [2.05, 4.69) is 9.88 Å². The second-order valence-corrected chi connectivity index (χ2v) is 6.73. The van der Waals surface area contributed by atoms with Crippen molar-refractivity contribution in [3.8, 4) is 11.5 Å². The van der Waals surface area contributed by atoms with Crippen LogP contribution in [0.5, 0.6) is 11.5 Å². The molecule has 144 valence electrons. The van der Waals surface area contributed by atoms with Crippen LogP contribution in [0.3, 0.4) is 0 Å². The van der Waals surface area contributed by atoms with E-state index in [1.807, 2.05) is 53.4 Å². The topological polar surface area (TPSA) is 54.9 Å². The molecule has 0 spiro atoms. The molecule has 0 radical (unpaired) electrons. The van der Waals surface area contributed by atoms with Crippen molar-refractivity contribution in [2.24, 2.45) is 0 Å². The number of anilines is 1. The largest absolute Gasteiger partial charge is 0.497 e. The summed E-state index contributed by atoms with van der Waals surface area (Å²) in [4.78, 5) is 21.6. The number of piperazine rings is 1. The third-order valence-electron chi connectivity index (χ3n) is 5.15. The Balaban J connectivity index is 1.50. The van der Waals surface area contributed by atoms with E-state index < -0.39 is 0 Å². The standard InChI is InChI=1S/C22H23N3O3/c1-27-17-13-16(14-18(15-17)28-2)24-9-11-25(12-10-24)22(26)20-7-8-23-21-6-4-3-5-19(20)21/h3-8,13-15H,9-12H2,1-2H3. The highest BCUT2D eigenvalue weighted by Gasteiger charge is 2.24. The van der Waals surface area contributed by atoms with Gasteiger partial charge in [0.05, 0.1) is 25.3 Å². The Labute approximate surface area is 164 Å². The molecule has 2 aromatic carbocycles. The smallest absolute Gasteiger partial charge is 0.254 e. The quantitative estimate of drug-likeness (QED) is 0.699. The van der Waals surface area contributed by atoms with Gasteiger partial charge in [-0.1, -0.05) is 18.2 Å². The fourth-order valence-electron chi connectivity index (χ4n) is 3.60. The van der Waals surface area contributed by atoms with Crippen LogP contribution >= 0.6 is 0 Å². The van der Waals surface area contributed by atoms with Gasteiger partial charge in [0.25, 0.3) is 5.91 Å². The highest BCUT2D eigenvalue weighted by atomic mass is 16.5. The minimum absolute atomic E-state index is 0.0569. The first kappa shape index (κ1) is 18.1. The van der Waals surface area contributed by atoms with Gasteiger partial charge in [0, 0.05) is 61.6 Å². The Morgan fingerprint density at radius 1 is 0.929 bits per heavy atom. The van der Waals surface area contributed by atoms with Gasteiger partial charge in [0.15, 0.2) is 0 Å². The average Bonchev–Trinajstić information content (AvgIpc) is 2.78. The van der Waals surface area contributed by atoms with Crippen molar-refractivity contribution in [2.75, 3.05) is 45.3 Å². The van der Waals surface area contributed by atoms with Crippen LogP contribution in [0.4, 0.5) is 5.69 Å². The highest BCUT2D eigenvalue weighted by molar-refractivity contribution is 6.06. The summed E-state index contributed by atoms with van der Waals surface area (Å²) in [5.41, 5.74) is 2.59. The molecule has 1 aromatic heterocycles. The molecule has 2 heterocycles. The lowest BCUT2D eigenvalue weighted by Crippen LogP contribution is -2.48. The summed E-state index contributed by atoms with van der Waals surface area (Å²) < 4.78 is 10.7. The molecule has 28 heavy (non-hydrogen) atoms. The molecule has 0 saturated carbocycles. The molecule has 3 aromatic rings. The summed E-state index contributed by atoms with van der Waals surface area (Å²) in [6, 6.07) is 15.4. The second-order valence-electron chi connectivity index (χ2n) is 6.73. The number of hydrogen-bond donors (Lipinski definition) is 0. The van der Waals surface area contributed by atoms with Crippen LogP contribution in [-0.4, -0.2) is 56.2 Å². The number of pyridine rings is 1. The molecule has 6 heteroatoms. The summed E-state index contributed by atoms with van der Waals surface area (Å²) in [5.74, 6) is 1.58. The van der Waals surface area contributed by atoms with Crippen molar-refractivity contribution in [2.45, 2.75) is 0 Å². The number of carbonyl (C=O) groups excluding carboxylic acids is 1. The maximum atomic E-state index is 13.1. The Morgan fingerprint density at radius 3 is 2.29 bits per heavy atom. The maximum absolute atomic E-state index is 13.1. The SMILES string of the molecule is COc1cc(OC)cc(N2CCN(C(=O)c3ccnc4ccccc34)CC2)c1. The highest BCUT2D eigenvalue weighted by Crippen LogP contribution is 2.29. The molecule has 6 nitrogen and oxygen atoms in total. The molecule has 0 N–H and O–H groups in total. The minimum Gasteiger partial charge on any atom is -0.497 e. The van der Waals surface area contributed by atoms with Gasteiger partial charge in [-0.3, -0.25) is 9.78 Å². The molecule has 0 atom stereocenters. The number of nitrogens with zero attached hydrogens (tertiary/aromatic N) is 3. The van der Waals surface area contributed by atoms with E-state index >= 15 is 0 Å². The fraction of sp³-hybridized carbons (Fsp3) is 0.273. The molecule has 0 unspecified atom stereocenters. The molecule has 1 saturated heterocycles. The normalized spacial score (nSPS) is 14.2. The number of amides is 1. The molecule has 1 aliphatic heterocycles. The van der Waals surface area contributed by atoms with Gasteiger partial charge < -0.3 is 19.3 Å². The van der Waals surface area contributed by atoms with Gasteiger partial charge in [-0.25, -0.2) is 0 Å². The van der Waals surface area contributed by atoms with Gasteiger partial charge in [-0.2, -0.15) is 0 Å². The van der Waals surface area contributed by atoms with E-state index in [9.17, 15) is 4.79 Å². The number of ether oxygens (including phenoxy) is 2. The van der Waals surface area contributed by atoms with Crippen molar-refractivity contribution in [3.63, 3.8) is 0 Å². The zero-order valence-electron chi connectivity index (χ0n) is 16.1. The fourth-order valence-corrected chi connectivity index (χ4v) is 3.60. The van der Waals surface area contributed by atoms with Crippen molar-refractivity contribution in [3.05, 3.63) is 60.3 Å². The summed E-state index contributed by atoms with van der Waals surface area (Å²) in [6.45, 7) is 2.83. The lowest BCUT2D eigenvalue weighted by Gasteiger charge is -2.36. The molecular formula is C22H23N3O3. The van der Waals surface area contributed by atoms with E-state index in [1.165, 1.54) is 0 Å². The third kappa shape index (κ3) is 3.45. The van der Waals surface area contributed by atoms with Crippen molar-refractivity contribution in [1.82, 2.24) is 9.88 Å². The van der Waals surface area contributed by atoms with Crippen LogP contribution in [0.15, 0.2) is 54.7 Å². The van der Waals surface area contributed by atoms with Crippen molar-refractivity contribution in [1.29, 1.82) is 0 Å². The lowest BCUT2D eigenvalue weighted by molar-refractivity contribution is 0.0748. The van der Waals surface area contributed by atoms with Gasteiger partial charge in [-0.15, -0.1) is 0 Å². The van der Waals surface area contributed by atoms with Crippen LogP contribution in [0.25, 0.3) is 10.9 Å². The first-order chi connectivity index (χ1) is 13.7. The average molecular weight is 377 g/mol. The number of carbonyl (C=O) groups is 1. The number of fused-ring (bicyclic) bond motifs is 1. The van der Waals surface area contributed by atoms with Crippen LogP contribution < -0.4 is 14.4 Å². The van der Waals surface area contributed by atoms with Gasteiger partial charge >= 0.3 is 0 Å². The van der Waals surface area contributed by atoms with E-state index in [0.29, 0.717) is 18.7 Å². The van der Waals surface area contributed by atoms with E-state index in [0.717, 1.165) is 41.2 Å². The Kier molecular flexibility index (Phi) is 5.02. The number of methoxy groups -OCH3 is 2. The second kappa shape index (κ2) is 7.76. The van der Waals surface area contributed by atoms with Crippen LogP contribution in [0.1, 0.15) is 10.4 Å². The van der Waals surface area contributed by atoms with Crippen LogP contribution in [-0.2, 0) is 0 Å². The minimum atomic E-state index is 0.0569. The van der Waals surface area contributed by atoms with E-state index in [-0.39, 0.29) is 5.91 Å². The number of aromatic nitrogens is 1. The summed E-state index contributed by atoms with van der Waals surface area (Å²) in [6.07, 6.45) is 1.70. The molecule has 4 rings (SSSR count). The zero-order chi connectivity index (χ0) is 19.5. The monoisotopic (exact) mass is 377 g/mol. The third-order valence-corrected chi connectivity index (χ3v) is 5.15. The summed E-state index contributed by atoms with van der Waals surface area (Å²) >= 11 is 0. The van der Waals surface area contributed by atoms with Gasteiger partial charge in [0.2, 0.25) is 0 Å². The molecule has 0 bridgehead atoms. The maximum Gasteiger partial charge on any atom is 0.254 e. The first-order valence-electron chi connectivity index (χ1n) is 9.30. The summed E-state index contributed by atoms with van der Waals surface area (Å²) in [7, 11) is 3.29. The van der Waals surface area contributed by atoms with Crippen LogP contribution in [0, 0.1) is 0 Å². The summed E-state index contributed by atoms with van der Waals surface area (Å²) in [5, 5.41) is 0.898. The molecular weight excluding hydrogens is 354 g/mol. The van der Waals surface area contributed by atoms with Gasteiger partial charge in [0.1, 0.15) is 11.5 Å². The number of hydrogen-bond acceptors (Lipinski definition) is 5. The van der Waals surface area contributed by atoms with E-state index in [4.69, 9.17) is 9.47 Å².